The lowest BCUT2D eigenvalue weighted by molar-refractivity contribution is -0.294. The van der Waals surface area contributed by atoms with Crippen molar-refractivity contribution in [2.45, 2.75) is 104 Å². The van der Waals surface area contributed by atoms with Gasteiger partial charge in [-0.3, -0.25) is 0 Å². The molecule has 4 nitrogen and oxygen atoms in total. The van der Waals surface area contributed by atoms with Crippen molar-refractivity contribution >= 4 is 5.71 Å². The van der Waals surface area contributed by atoms with Crippen LogP contribution < -0.4 is 0 Å². The lowest BCUT2D eigenvalue weighted by Gasteiger charge is -2.63. The molecule has 7 rings (SSSR count). The minimum absolute atomic E-state index is 0.263. The van der Waals surface area contributed by atoms with Crippen LogP contribution in [0.5, 0.6) is 0 Å². The molecule has 0 radical (unpaired) electrons. The molecule has 33 heavy (non-hydrogen) atoms. The van der Waals surface area contributed by atoms with Crippen LogP contribution in [-0.4, -0.2) is 30.8 Å². The van der Waals surface area contributed by atoms with Gasteiger partial charge in [0, 0.05) is 18.3 Å². The summed E-state index contributed by atoms with van der Waals surface area (Å²) in [5.41, 5.74) is 2.44. The zero-order valence-electron chi connectivity index (χ0n) is 21.6. The number of hydrogen-bond donors (Lipinski definition) is 0. The fourth-order valence-corrected chi connectivity index (χ4v) is 11.4. The van der Waals surface area contributed by atoms with E-state index in [1.165, 1.54) is 57.1 Å². The first kappa shape index (κ1) is 21.7. The van der Waals surface area contributed by atoms with E-state index in [4.69, 9.17) is 14.3 Å². The normalized spacial score (nSPS) is 54.4. The fourth-order valence-electron chi connectivity index (χ4n) is 11.4. The number of nitrogens with zero attached hydrogens (tertiary/aromatic N) is 1. The van der Waals surface area contributed by atoms with Crippen molar-refractivity contribution in [2.24, 2.45) is 62.8 Å². The lowest BCUT2D eigenvalue weighted by Crippen LogP contribution is -2.62. The number of rotatable bonds is 3. The minimum atomic E-state index is -0.263. The molecule has 184 valence electrons. The molecule has 1 unspecified atom stereocenters. The van der Waals surface area contributed by atoms with Crippen molar-refractivity contribution in [3.05, 3.63) is 0 Å². The predicted octanol–water partition coefficient (Wildman–Crippen LogP) is 6.44. The summed E-state index contributed by atoms with van der Waals surface area (Å²) in [4.78, 5) is 6.05. The van der Waals surface area contributed by atoms with Crippen molar-refractivity contribution in [1.29, 1.82) is 0 Å². The van der Waals surface area contributed by atoms with Crippen LogP contribution in [0.4, 0.5) is 0 Å². The monoisotopic (exact) mass is 455 g/mol. The maximum absolute atomic E-state index is 6.67. The van der Waals surface area contributed by atoms with Gasteiger partial charge < -0.3 is 14.3 Å². The van der Waals surface area contributed by atoms with E-state index in [-0.39, 0.29) is 11.9 Å². The molecule has 0 N–H and O–H groups in total. The Morgan fingerprint density at radius 3 is 2.39 bits per heavy atom. The van der Waals surface area contributed by atoms with E-state index in [1.807, 2.05) is 0 Å². The summed E-state index contributed by atoms with van der Waals surface area (Å²) >= 11 is 0. The largest absolute Gasteiger partial charge is 0.392 e. The second kappa shape index (κ2) is 6.78. The molecule has 2 aliphatic heterocycles. The van der Waals surface area contributed by atoms with E-state index < -0.39 is 0 Å². The average Bonchev–Trinajstić information content (AvgIpc) is 3.24. The van der Waals surface area contributed by atoms with Crippen LogP contribution in [0, 0.1) is 57.7 Å². The Bertz CT molecular complexity index is 863. The maximum Gasteiger partial charge on any atom is 0.175 e. The molecule has 0 amide bonds. The van der Waals surface area contributed by atoms with Gasteiger partial charge in [-0.25, -0.2) is 0 Å². The highest BCUT2D eigenvalue weighted by molar-refractivity contribution is 5.87. The van der Waals surface area contributed by atoms with Crippen molar-refractivity contribution < 1.29 is 14.3 Å². The van der Waals surface area contributed by atoms with Gasteiger partial charge in [-0.05, 0) is 97.2 Å². The Balaban J connectivity index is 1.18. The van der Waals surface area contributed by atoms with Crippen LogP contribution in [0.3, 0.4) is 0 Å². The summed E-state index contributed by atoms with van der Waals surface area (Å²) in [5, 5.41) is 4.49. The number of hydrogen-bond acceptors (Lipinski definition) is 4. The molecule has 2 heterocycles. The van der Waals surface area contributed by atoms with Crippen LogP contribution in [0.25, 0.3) is 0 Å². The summed E-state index contributed by atoms with van der Waals surface area (Å²) in [5.74, 6) is 4.87. The van der Waals surface area contributed by atoms with E-state index in [0.717, 1.165) is 49.2 Å². The van der Waals surface area contributed by atoms with E-state index in [0.29, 0.717) is 28.1 Å². The number of oxime groups is 1. The number of ether oxygens (including phenoxy) is 2. The summed E-state index contributed by atoms with van der Waals surface area (Å²) in [7, 11) is 0. The van der Waals surface area contributed by atoms with Gasteiger partial charge in [0.25, 0.3) is 0 Å². The highest BCUT2D eigenvalue weighted by Crippen LogP contribution is 2.85. The Morgan fingerprint density at radius 2 is 1.70 bits per heavy atom. The molecule has 0 aromatic carbocycles. The average molecular weight is 456 g/mol. The van der Waals surface area contributed by atoms with Crippen LogP contribution in [0.1, 0.15) is 92.4 Å². The van der Waals surface area contributed by atoms with E-state index in [2.05, 4.69) is 39.8 Å². The first-order chi connectivity index (χ1) is 15.8. The van der Waals surface area contributed by atoms with Crippen LogP contribution in [0.2, 0.25) is 0 Å². The van der Waals surface area contributed by atoms with Crippen LogP contribution in [-0.2, 0) is 14.3 Å². The molecule has 5 aliphatic carbocycles. The predicted molar refractivity (Wildman–Crippen MR) is 129 cm³/mol. The summed E-state index contributed by atoms with van der Waals surface area (Å²) < 4.78 is 13.3. The van der Waals surface area contributed by atoms with Crippen molar-refractivity contribution in [3.8, 4) is 0 Å². The molecule has 5 saturated carbocycles. The molecule has 2 spiro atoms. The Labute approximate surface area is 200 Å². The Hall–Kier alpha value is -0.610. The molecule has 1 saturated heterocycles. The summed E-state index contributed by atoms with van der Waals surface area (Å²) in [6.07, 6.45) is 12.2. The minimum Gasteiger partial charge on any atom is -0.392 e. The highest BCUT2D eigenvalue weighted by atomic mass is 16.7. The molecule has 4 heteroatoms. The third-order valence-corrected chi connectivity index (χ3v) is 13.0. The zero-order valence-corrected chi connectivity index (χ0v) is 21.6. The van der Waals surface area contributed by atoms with Gasteiger partial charge in [-0.15, -0.1) is 0 Å². The number of fused-ring (bicyclic) bond motifs is 4. The standard InChI is InChI=1S/C29H45NO3/c1-17(2)24-14-25(33-30-24)18(3)21-6-7-22-20-16-29(31-12-13-32-29)28-15-19(28)8-11-27(28,5)23(20)9-10-26(21,22)4/h17-23,25H,6-16H2,1-5H3/t18-,19-,20-,21?,22-,23-,25-,26+,27+,28+/m0/s1. The highest BCUT2D eigenvalue weighted by Gasteiger charge is 2.83. The lowest BCUT2D eigenvalue weighted by atomic mass is 9.44. The van der Waals surface area contributed by atoms with Gasteiger partial charge in [0.1, 0.15) is 6.10 Å². The van der Waals surface area contributed by atoms with E-state index in [9.17, 15) is 0 Å². The van der Waals surface area contributed by atoms with Gasteiger partial charge in [0.15, 0.2) is 5.79 Å². The zero-order chi connectivity index (χ0) is 22.8. The van der Waals surface area contributed by atoms with Crippen molar-refractivity contribution in [2.75, 3.05) is 13.2 Å². The Kier molecular flexibility index (Phi) is 4.45. The smallest absolute Gasteiger partial charge is 0.175 e. The topological polar surface area (TPSA) is 40.0 Å². The second-order valence-corrected chi connectivity index (χ2v) is 14.0. The van der Waals surface area contributed by atoms with E-state index >= 15 is 0 Å². The molecule has 0 bridgehead atoms. The molecular formula is C29H45NO3. The fraction of sp³-hybridized carbons (Fsp3) is 0.966. The van der Waals surface area contributed by atoms with Gasteiger partial charge in [-0.2, -0.15) is 0 Å². The first-order valence-electron chi connectivity index (χ1n) is 14.3. The van der Waals surface area contributed by atoms with Crippen LogP contribution >= 0.6 is 0 Å². The van der Waals surface area contributed by atoms with Crippen LogP contribution in [0.15, 0.2) is 5.16 Å². The van der Waals surface area contributed by atoms with Gasteiger partial charge in [0.2, 0.25) is 0 Å². The van der Waals surface area contributed by atoms with Gasteiger partial charge >= 0.3 is 0 Å². The maximum atomic E-state index is 6.67. The first-order valence-corrected chi connectivity index (χ1v) is 14.3. The third kappa shape index (κ3) is 2.49. The molecule has 0 aromatic heterocycles. The van der Waals surface area contributed by atoms with Crippen molar-refractivity contribution in [1.82, 2.24) is 0 Å². The molecule has 6 fully saturated rings. The molecule has 10 atom stereocenters. The molecule has 0 aromatic rings. The second-order valence-electron chi connectivity index (χ2n) is 14.0. The van der Waals surface area contributed by atoms with Gasteiger partial charge in [0.05, 0.1) is 18.9 Å². The quantitative estimate of drug-likeness (QED) is 0.492. The Morgan fingerprint density at radius 1 is 0.909 bits per heavy atom. The molecule has 7 aliphatic rings. The third-order valence-electron chi connectivity index (χ3n) is 13.0. The van der Waals surface area contributed by atoms with Gasteiger partial charge in [-0.1, -0.05) is 39.8 Å². The summed E-state index contributed by atoms with van der Waals surface area (Å²) in [6.45, 7) is 13.9. The van der Waals surface area contributed by atoms with E-state index in [1.54, 1.807) is 0 Å². The molecular weight excluding hydrogens is 410 g/mol. The summed E-state index contributed by atoms with van der Waals surface area (Å²) in [6, 6.07) is 0. The SMILES string of the molecule is CC(C)C1=NO[C@H]([C@@H](C)C2CC[C@H]3[C@@H]4CC5(OCCO5)[C@]56C[C@@H]5CC[C@]6(C)[C@H]4CC[C@]23C)C1. The van der Waals surface area contributed by atoms with Crippen molar-refractivity contribution in [3.63, 3.8) is 0 Å².